The summed E-state index contributed by atoms with van der Waals surface area (Å²) < 4.78 is 41.2. The largest absolute Gasteiger partial charge is 0.497 e. The second-order valence-corrected chi connectivity index (χ2v) is 25.2. The summed E-state index contributed by atoms with van der Waals surface area (Å²) in [6.45, 7) is 17.7. The van der Waals surface area contributed by atoms with Crippen LogP contribution >= 0.6 is 0 Å². The maximum atomic E-state index is 12.2. The monoisotopic (exact) mass is 811 g/mol. The number of aliphatic hydroxyl groups is 1. The zero-order chi connectivity index (χ0) is 40.7. The van der Waals surface area contributed by atoms with Crippen molar-refractivity contribution in [2.24, 2.45) is 0 Å². The van der Waals surface area contributed by atoms with Gasteiger partial charge >= 0.3 is 17.1 Å². The lowest BCUT2D eigenvalue weighted by Crippen LogP contribution is -2.65. The van der Waals surface area contributed by atoms with E-state index in [-0.39, 0.29) is 28.8 Å². The molecule has 12 nitrogen and oxygen atoms in total. The second-order valence-electron chi connectivity index (χ2n) is 16.4. The summed E-state index contributed by atoms with van der Waals surface area (Å²) in [5.41, 5.74) is 3.50. The van der Waals surface area contributed by atoms with Crippen molar-refractivity contribution in [3.05, 3.63) is 108 Å². The average molecular weight is 812 g/mol. The van der Waals surface area contributed by atoms with Crippen molar-refractivity contribution in [3.8, 4) is 11.5 Å². The molecule has 2 aliphatic rings. The average Bonchev–Trinajstić information content (AvgIpc) is 3.77. The minimum atomic E-state index is -3.00. The molecule has 2 aromatic heterocycles. The van der Waals surface area contributed by atoms with E-state index in [1.807, 2.05) is 42.5 Å². The standard InChI is InChI=1S/C43H57N5O7Si2/c1-27(2)56(28(3)4)52-24-36-39(54-57(55-56,29(5)6)30(7)8)38(49)42(53-36)48-26-46-37-40(44-25-45-41(37)48)47-43(31-14-12-11-13-15-31,32-16-20-34(50-9)21-17-32)33-18-22-35(51-10)23-19-33/h11-23,25-30,36,38-39,42,49H,24H2,1-10H3,(H,44,45,47)/t36-,38-,39-,42-/m1/s1. The Balaban J connectivity index is 1.32. The maximum Gasteiger partial charge on any atom is 0.335 e. The number of benzene rings is 3. The number of nitrogens with zero attached hydrogens (tertiary/aromatic N) is 4. The van der Waals surface area contributed by atoms with E-state index in [2.05, 4.69) is 97.1 Å². The number of ether oxygens (including phenoxy) is 3. The molecule has 0 radical (unpaired) electrons. The lowest BCUT2D eigenvalue weighted by Gasteiger charge is -2.51. The normalized spacial score (nSPS) is 22.2. The number of imidazole rings is 1. The number of nitrogens with one attached hydrogen (secondary N) is 1. The van der Waals surface area contributed by atoms with Crippen LogP contribution in [0.1, 0.15) is 78.3 Å². The van der Waals surface area contributed by atoms with Crippen molar-refractivity contribution < 1.29 is 32.3 Å². The molecule has 2 fully saturated rings. The molecular weight excluding hydrogens is 755 g/mol. The third-order valence-corrected chi connectivity index (χ3v) is 22.1. The highest BCUT2D eigenvalue weighted by Gasteiger charge is 2.62. The van der Waals surface area contributed by atoms with Crippen molar-refractivity contribution in [2.75, 3.05) is 26.1 Å². The van der Waals surface area contributed by atoms with E-state index in [0.717, 1.165) is 28.2 Å². The molecular formula is C43H57N5O7Si2. The molecule has 3 aromatic carbocycles. The van der Waals surface area contributed by atoms with Crippen LogP contribution in [0.5, 0.6) is 11.5 Å². The van der Waals surface area contributed by atoms with Gasteiger partial charge in [0, 0.05) is 0 Å². The highest BCUT2D eigenvalue weighted by atomic mass is 28.5. The van der Waals surface area contributed by atoms with E-state index in [1.165, 1.54) is 6.33 Å². The molecule has 0 spiro atoms. The molecule has 0 aliphatic carbocycles. The molecule has 2 saturated heterocycles. The van der Waals surface area contributed by atoms with Crippen LogP contribution in [-0.4, -0.2) is 80.9 Å². The molecule has 0 amide bonds. The van der Waals surface area contributed by atoms with E-state index in [1.54, 1.807) is 25.1 Å². The summed E-state index contributed by atoms with van der Waals surface area (Å²) in [7, 11) is -2.49. The van der Waals surface area contributed by atoms with Crippen molar-refractivity contribution in [2.45, 2.75) is 108 Å². The van der Waals surface area contributed by atoms with E-state index in [0.29, 0.717) is 17.0 Å². The number of anilines is 1. The van der Waals surface area contributed by atoms with Crippen molar-refractivity contribution in [1.29, 1.82) is 0 Å². The first kappa shape index (κ1) is 41.0. The second kappa shape index (κ2) is 16.2. The van der Waals surface area contributed by atoms with Crippen LogP contribution < -0.4 is 14.8 Å². The van der Waals surface area contributed by atoms with Crippen molar-refractivity contribution in [1.82, 2.24) is 19.5 Å². The number of aromatic nitrogens is 4. The Hall–Kier alpha value is -4.16. The van der Waals surface area contributed by atoms with Crippen LogP contribution in [0.25, 0.3) is 11.2 Å². The summed E-state index contributed by atoms with van der Waals surface area (Å²) in [5, 5.41) is 16.1. The molecule has 2 aliphatic heterocycles. The van der Waals surface area contributed by atoms with Crippen LogP contribution in [-0.2, 0) is 23.2 Å². The van der Waals surface area contributed by atoms with Gasteiger partial charge in [0.15, 0.2) is 23.2 Å². The van der Waals surface area contributed by atoms with Gasteiger partial charge in [0.25, 0.3) is 0 Å². The van der Waals surface area contributed by atoms with E-state index in [9.17, 15) is 5.11 Å². The molecule has 4 atom stereocenters. The van der Waals surface area contributed by atoms with Crippen LogP contribution in [0.4, 0.5) is 5.82 Å². The summed E-state index contributed by atoms with van der Waals surface area (Å²) in [6.07, 6.45) is 0.0675. The zero-order valence-electron chi connectivity index (χ0n) is 34.7. The van der Waals surface area contributed by atoms with Crippen LogP contribution in [0.3, 0.4) is 0 Å². The Kier molecular flexibility index (Phi) is 11.7. The van der Waals surface area contributed by atoms with Crippen LogP contribution in [0.15, 0.2) is 91.5 Å². The molecule has 4 heterocycles. The van der Waals surface area contributed by atoms with Gasteiger partial charge in [-0.2, -0.15) is 0 Å². The zero-order valence-corrected chi connectivity index (χ0v) is 36.7. The van der Waals surface area contributed by atoms with Gasteiger partial charge < -0.3 is 37.6 Å². The smallest absolute Gasteiger partial charge is 0.335 e. The van der Waals surface area contributed by atoms with Crippen LogP contribution in [0.2, 0.25) is 22.2 Å². The third kappa shape index (κ3) is 7.08. The molecule has 0 bridgehead atoms. The van der Waals surface area contributed by atoms with Gasteiger partial charge in [-0.05, 0) is 63.1 Å². The quantitative estimate of drug-likeness (QED) is 0.0930. The van der Waals surface area contributed by atoms with E-state index in [4.69, 9.17) is 42.1 Å². The highest BCUT2D eigenvalue weighted by Crippen LogP contribution is 2.49. The Morgan fingerprint density at radius 3 is 1.81 bits per heavy atom. The minimum Gasteiger partial charge on any atom is -0.497 e. The van der Waals surface area contributed by atoms with E-state index >= 15 is 0 Å². The molecule has 7 rings (SSSR count). The molecule has 304 valence electrons. The number of rotatable bonds is 12. The first-order valence-corrected chi connectivity index (χ1v) is 23.9. The Morgan fingerprint density at radius 1 is 0.737 bits per heavy atom. The third-order valence-electron chi connectivity index (χ3n) is 11.8. The van der Waals surface area contributed by atoms with Crippen LogP contribution in [0, 0.1) is 0 Å². The Morgan fingerprint density at radius 2 is 1.28 bits per heavy atom. The molecule has 57 heavy (non-hydrogen) atoms. The maximum absolute atomic E-state index is 12.2. The predicted octanol–water partition coefficient (Wildman–Crippen LogP) is 8.46. The molecule has 14 heteroatoms. The van der Waals surface area contributed by atoms with Crippen molar-refractivity contribution >= 4 is 34.1 Å². The fourth-order valence-corrected chi connectivity index (χ4v) is 20.0. The number of hydrogen-bond donors (Lipinski definition) is 2. The lowest BCUT2D eigenvalue weighted by atomic mass is 9.77. The number of hydrogen-bond acceptors (Lipinski definition) is 11. The van der Waals surface area contributed by atoms with Gasteiger partial charge in [-0.3, -0.25) is 4.57 Å². The van der Waals surface area contributed by atoms with Crippen molar-refractivity contribution in [3.63, 3.8) is 0 Å². The Labute approximate surface area is 338 Å². The fraction of sp³-hybridized carbons (Fsp3) is 0.465. The topological polar surface area (TPSA) is 131 Å². The highest BCUT2D eigenvalue weighted by molar-refractivity contribution is 6.84. The first-order chi connectivity index (χ1) is 27.3. The SMILES string of the molecule is COc1ccc(C(Nc2ncnc3c2ncn3[C@@H]2O[C@@H]3CO[Si](C(C)C)(C(C)C)O[Si](C(C)C)(C(C)C)O[C@H]3[C@H]2O)(c2ccccc2)c2ccc(OC)cc2)cc1. The predicted molar refractivity (Wildman–Crippen MR) is 225 cm³/mol. The van der Waals surface area contributed by atoms with Gasteiger partial charge in [-0.15, -0.1) is 0 Å². The number of methoxy groups -OCH3 is 2. The minimum absolute atomic E-state index is 0.104. The molecule has 0 unspecified atom stereocenters. The van der Waals surface area contributed by atoms with Gasteiger partial charge in [0.2, 0.25) is 0 Å². The Bertz CT molecular complexity index is 2050. The molecule has 2 N–H and O–H groups in total. The van der Waals surface area contributed by atoms with E-state index < -0.39 is 47.2 Å². The summed E-state index contributed by atoms with van der Waals surface area (Å²) in [4.78, 5) is 14.4. The first-order valence-electron chi connectivity index (χ1n) is 20.0. The van der Waals surface area contributed by atoms with Gasteiger partial charge in [0.05, 0.1) is 27.2 Å². The summed E-state index contributed by atoms with van der Waals surface area (Å²) in [5.74, 6) is 1.98. The van der Waals surface area contributed by atoms with Gasteiger partial charge in [-0.1, -0.05) is 110 Å². The summed E-state index contributed by atoms with van der Waals surface area (Å²) >= 11 is 0. The number of fused-ring (bicyclic) bond motifs is 2. The molecule has 0 saturated carbocycles. The number of aliphatic hydroxyl groups excluding tert-OH is 1. The van der Waals surface area contributed by atoms with Gasteiger partial charge in [-0.25, -0.2) is 15.0 Å². The lowest BCUT2D eigenvalue weighted by molar-refractivity contribution is -0.0570. The molecule has 5 aromatic rings. The van der Waals surface area contributed by atoms with Gasteiger partial charge in [0.1, 0.15) is 41.7 Å². The summed E-state index contributed by atoms with van der Waals surface area (Å²) in [6, 6.07) is 26.2. The fourth-order valence-electron chi connectivity index (χ4n) is 8.76.